The van der Waals surface area contributed by atoms with Crippen LogP contribution in [0.2, 0.25) is 0 Å². The molecule has 0 spiro atoms. The molecule has 26 heavy (non-hydrogen) atoms. The van der Waals surface area contributed by atoms with Crippen molar-refractivity contribution in [1.29, 1.82) is 0 Å². The predicted molar refractivity (Wildman–Crippen MR) is 114 cm³/mol. The van der Waals surface area contributed by atoms with Crippen molar-refractivity contribution in [3.05, 3.63) is 84.7 Å². The minimum atomic E-state index is 0.913. The molecular formula is C24H31N2+. The van der Waals surface area contributed by atoms with E-state index >= 15 is 0 Å². The molecule has 0 aromatic heterocycles. The van der Waals surface area contributed by atoms with Crippen molar-refractivity contribution >= 4 is 17.1 Å². The fraction of sp³-hybridized carbons (Fsp3) is 0.292. The number of benzene rings is 2. The van der Waals surface area contributed by atoms with Crippen molar-refractivity contribution < 1.29 is 4.58 Å². The SMILES string of the molecule is C=C(CC)N(/C(C)=C\C(C)=[N+](CCC)c1ccccc1)c1ccccc1. The highest BCUT2D eigenvalue weighted by Crippen LogP contribution is 2.25. The summed E-state index contributed by atoms with van der Waals surface area (Å²) in [6.07, 6.45) is 4.27. The molecule has 2 aromatic rings. The second kappa shape index (κ2) is 9.76. The Morgan fingerprint density at radius 1 is 0.962 bits per heavy atom. The molecular weight excluding hydrogens is 316 g/mol. The molecule has 0 heterocycles. The van der Waals surface area contributed by atoms with Gasteiger partial charge in [0.2, 0.25) is 5.69 Å². The first-order valence-electron chi connectivity index (χ1n) is 9.45. The lowest BCUT2D eigenvalue weighted by Gasteiger charge is -2.27. The molecule has 0 amide bonds. The molecule has 0 aliphatic rings. The van der Waals surface area contributed by atoms with Gasteiger partial charge in [0.15, 0.2) is 5.71 Å². The van der Waals surface area contributed by atoms with Crippen LogP contribution in [0, 0.1) is 0 Å². The quantitative estimate of drug-likeness (QED) is 0.388. The van der Waals surface area contributed by atoms with Gasteiger partial charge in [0.05, 0.1) is 0 Å². The van der Waals surface area contributed by atoms with Gasteiger partial charge in [-0.1, -0.05) is 56.8 Å². The van der Waals surface area contributed by atoms with Crippen molar-refractivity contribution in [2.75, 3.05) is 11.4 Å². The van der Waals surface area contributed by atoms with Crippen molar-refractivity contribution in [3.8, 4) is 0 Å². The van der Waals surface area contributed by atoms with Crippen LogP contribution in [0.1, 0.15) is 40.5 Å². The van der Waals surface area contributed by atoms with Gasteiger partial charge in [0.25, 0.3) is 0 Å². The Bertz CT molecular complexity index is 770. The number of anilines is 1. The fourth-order valence-corrected chi connectivity index (χ4v) is 3.16. The second-order valence-electron chi connectivity index (χ2n) is 6.51. The molecule has 0 saturated carbocycles. The first-order chi connectivity index (χ1) is 12.6. The first kappa shape index (κ1) is 19.7. The Morgan fingerprint density at radius 2 is 1.54 bits per heavy atom. The number of para-hydroxylation sites is 2. The van der Waals surface area contributed by atoms with Crippen LogP contribution >= 0.6 is 0 Å². The van der Waals surface area contributed by atoms with Crippen LogP contribution in [0.5, 0.6) is 0 Å². The minimum absolute atomic E-state index is 0.913. The van der Waals surface area contributed by atoms with Gasteiger partial charge in [-0.3, -0.25) is 0 Å². The van der Waals surface area contributed by atoms with E-state index in [9.17, 15) is 0 Å². The number of hydrogen-bond acceptors (Lipinski definition) is 1. The second-order valence-corrected chi connectivity index (χ2v) is 6.51. The molecule has 0 bridgehead atoms. The Balaban J connectivity index is 2.47. The van der Waals surface area contributed by atoms with Gasteiger partial charge in [-0.25, -0.2) is 0 Å². The Labute approximate surface area is 158 Å². The lowest BCUT2D eigenvalue weighted by atomic mass is 10.2. The zero-order valence-electron chi connectivity index (χ0n) is 16.6. The summed E-state index contributed by atoms with van der Waals surface area (Å²) in [7, 11) is 0. The van der Waals surface area contributed by atoms with Gasteiger partial charge in [-0.15, -0.1) is 0 Å². The van der Waals surface area contributed by atoms with E-state index in [0.717, 1.165) is 30.8 Å². The number of rotatable bonds is 8. The van der Waals surface area contributed by atoms with Crippen LogP contribution in [0.3, 0.4) is 0 Å². The van der Waals surface area contributed by atoms with E-state index in [1.54, 1.807) is 0 Å². The maximum absolute atomic E-state index is 4.28. The van der Waals surface area contributed by atoms with Crippen molar-refractivity contribution in [2.45, 2.75) is 40.5 Å². The van der Waals surface area contributed by atoms with Crippen LogP contribution in [0.25, 0.3) is 0 Å². The van der Waals surface area contributed by atoms with Gasteiger partial charge in [-0.2, -0.15) is 4.58 Å². The zero-order chi connectivity index (χ0) is 18.9. The summed E-state index contributed by atoms with van der Waals surface area (Å²) in [5.41, 5.74) is 5.90. The summed E-state index contributed by atoms with van der Waals surface area (Å²) < 4.78 is 2.38. The molecule has 2 nitrogen and oxygen atoms in total. The van der Waals surface area contributed by atoms with Gasteiger partial charge < -0.3 is 4.90 Å². The van der Waals surface area contributed by atoms with Crippen molar-refractivity contribution in [1.82, 2.24) is 0 Å². The molecule has 0 aliphatic heterocycles. The topological polar surface area (TPSA) is 6.25 Å². The number of allylic oxidation sites excluding steroid dienone is 3. The van der Waals surface area contributed by atoms with E-state index < -0.39 is 0 Å². The van der Waals surface area contributed by atoms with E-state index in [4.69, 9.17) is 0 Å². The molecule has 0 atom stereocenters. The van der Waals surface area contributed by atoms with E-state index in [1.165, 1.54) is 17.1 Å². The monoisotopic (exact) mass is 347 g/mol. The predicted octanol–water partition coefficient (Wildman–Crippen LogP) is 6.54. The zero-order valence-corrected chi connectivity index (χ0v) is 16.6. The highest BCUT2D eigenvalue weighted by atomic mass is 15.1. The normalized spacial score (nSPS) is 12.5. The summed E-state index contributed by atoms with van der Waals surface area (Å²) in [6.45, 7) is 14.0. The van der Waals surface area contributed by atoms with Gasteiger partial charge in [-0.05, 0) is 25.5 Å². The van der Waals surface area contributed by atoms with Gasteiger partial charge in [0.1, 0.15) is 6.54 Å². The molecule has 2 rings (SSSR count). The number of hydrogen-bond donors (Lipinski definition) is 0. The standard InChI is InChI=1S/C24H31N2/c1-6-18-25(23-14-10-8-11-15-23)21(4)19-22(5)26(20(3)7-2)24-16-12-9-13-17-24/h8-17,19H,3,6-7,18H2,1-2,4-5H3/q+1. The van der Waals surface area contributed by atoms with Gasteiger partial charge >= 0.3 is 0 Å². The highest BCUT2D eigenvalue weighted by Gasteiger charge is 2.15. The summed E-state index contributed by atoms with van der Waals surface area (Å²) in [6, 6.07) is 21.0. The third kappa shape index (κ3) is 4.95. The summed E-state index contributed by atoms with van der Waals surface area (Å²) in [5, 5.41) is 0. The smallest absolute Gasteiger partial charge is 0.205 e. The third-order valence-electron chi connectivity index (χ3n) is 4.45. The molecule has 0 aliphatic carbocycles. The Hall–Kier alpha value is -2.61. The van der Waals surface area contributed by atoms with Crippen LogP contribution in [0.15, 0.2) is 84.7 Å². The fourth-order valence-electron chi connectivity index (χ4n) is 3.16. The molecule has 0 saturated heterocycles. The maximum Gasteiger partial charge on any atom is 0.205 e. The molecule has 0 unspecified atom stereocenters. The first-order valence-corrected chi connectivity index (χ1v) is 9.45. The van der Waals surface area contributed by atoms with Crippen molar-refractivity contribution in [3.63, 3.8) is 0 Å². The largest absolute Gasteiger partial charge is 0.319 e. The van der Waals surface area contributed by atoms with Crippen LogP contribution in [0.4, 0.5) is 11.4 Å². The molecule has 2 aromatic carbocycles. The molecule has 0 radical (unpaired) electrons. The van der Waals surface area contributed by atoms with Gasteiger partial charge in [0, 0.05) is 48.6 Å². The summed E-state index contributed by atoms with van der Waals surface area (Å²) >= 11 is 0. The maximum atomic E-state index is 4.28. The lowest BCUT2D eigenvalue weighted by molar-refractivity contribution is -0.440. The van der Waals surface area contributed by atoms with Crippen LogP contribution in [-0.2, 0) is 0 Å². The summed E-state index contributed by atoms with van der Waals surface area (Å²) in [4.78, 5) is 2.25. The van der Waals surface area contributed by atoms with E-state index in [1.807, 2.05) is 6.07 Å². The minimum Gasteiger partial charge on any atom is -0.319 e. The molecule has 2 heteroatoms. The van der Waals surface area contributed by atoms with E-state index in [2.05, 4.69) is 104 Å². The number of nitrogens with zero attached hydrogens (tertiary/aromatic N) is 2. The molecule has 0 fully saturated rings. The average molecular weight is 348 g/mol. The van der Waals surface area contributed by atoms with E-state index in [0.29, 0.717) is 0 Å². The Kier molecular flexibility index (Phi) is 7.40. The third-order valence-corrected chi connectivity index (χ3v) is 4.45. The molecule has 0 N–H and O–H groups in total. The Morgan fingerprint density at radius 3 is 2.08 bits per heavy atom. The average Bonchev–Trinajstić information content (AvgIpc) is 2.67. The summed E-state index contributed by atoms with van der Waals surface area (Å²) in [5.74, 6) is 0. The van der Waals surface area contributed by atoms with Crippen LogP contribution < -0.4 is 4.90 Å². The highest BCUT2D eigenvalue weighted by molar-refractivity contribution is 5.90. The lowest BCUT2D eigenvalue weighted by Crippen LogP contribution is -2.21. The van der Waals surface area contributed by atoms with E-state index in [-0.39, 0.29) is 0 Å². The van der Waals surface area contributed by atoms with Crippen molar-refractivity contribution in [2.24, 2.45) is 0 Å². The van der Waals surface area contributed by atoms with Crippen LogP contribution in [-0.4, -0.2) is 16.8 Å². The molecule has 136 valence electrons.